The topological polar surface area (TPSA) is 26.0 Å². The van der Waals surface area contributed by atoms with Crippen molar-refractivity contribution in [2.45, 2.75) is 57.9 Å². The SMILES string of the molecule is C=C(C)C(N)CC1CCCCCC1. The van der Waals surface area contributed by atoms with Crippen molar-refractivity contribution in [2.24, 2.45) is 11.7 Å². The van der Waals surface area contributed by atoms with Gasteiger partial charge in [0.15, 0.2) is 0 Å². The van der Waals surface area contributed by atoms with Crippen molar-refractivity contribution in [3.05, 3.63) is 12.2 Å². The molecule has 1 atom stereocenters. The van der Waals surface area contributed by atoms with E-state index in [1.165, 1.54) is 38.5 Å². The standard InChI is InChI=1S/C12H23N/c1-10(2)12(13)9-11-7-5-3-4-6-8-11/h11-12H,1,3-9,13H2,2H3. The molecule has 1 aliphatic rings. The van der Waals surface area contributed by atoms with Crippen molar-refractivity contribution in [3.8, 4) is 0 Å². The quantitative estimate of drug-likeness (QED) is 0.525. The Balaban J connectivity index is 2.29. The van der Waals surface area contributed by atoms with Crippen LogP contribution in [-0.2, 0) is 0 Å². The van der Waals surface area contributed by atoms with E-state index >= 15 is 0 Å². The van der Waals surface area contributed by atoms with Crippen molar-refractivity contribution in [2.75, 3.05) is 0 Å². The summed E-state index contributed by atoms with van der Waals surface area (Å²) in [5.74, 6) is 0.870. The summed E-state index contributed by atoms with van der Waals surface area (Å²) >= 11 is 0. The van der Waals surface area contributed by atoms with E-state index in [9.17, 15) is 0 Å². The molecule has 0 bridgehead atoms. The number of nitrogens with two attached hydrogens (primary N) is 1. The zero-order valence-corrected chi connectivity index (χ0v) is 8.89. The molecule has 13 heavy (non-hydrogen) atoms. The fourth-order valence-corrected chi connectivity index (χ4v) is 2.16. The minimum atomic E-state index is 0.239. The zero-order chi connectivity index (χ0) is 9.68. The van der Waals surface area contributed by atoms with Crippen LogP contribution < -0.4 is 5.73 Å². The van der Waals surface area contributed by atoms with E-state index in [0.29, 0.717) is 0 Å². The van der Waals surface area contributed by atoms with Gasteiger partial charge in [0.1, 0.15) is 0 Å². The molecule has 1 rings (SSSR count). The Labute approximate surface area is 82.4 Å². The van der Waals surface area contributed by atoms with Gasteiger partial charge in [0, 0.05) is 6.04 Å². The molecule has 1 heteroatoms. The van der Waals surface area contributed by atoms with Crippen molar-refractivity contribution in [1.82, 2.24) is 0 Å². The first kappa shape index (κ1) is 10.8. The van der Waals surface area contributed by atoms with Gasteiger partial charge in [0.25, 0.3) is 0 Å². The lowest BCUT2D eigenvalue weighted by molar-refractivity contribution is 0.405. The third kappa shape index (κ3) is 3.95. The van der Waals surface area contributed by atoms with Gasteiger partial charge in [-0.1, -0.05) is 50.7 Å². The molecule has 0 radical (unpaired) electrons. The molecule has 0 aromatic rings. The van der Waals surface area contributed by atoms with Crippen LogP contribution in [-0.4, -0.2) is 6.04 Å². The third-order valence-electron chi connectivity index (χ3n) is 3.19. The second-order valence-electron chi connectivity index (χ2n) is 4.55. The molecule has 0 heterocycles. The Morgan fingerprint density at radius 1 is 1.31 bits per heavy atom. The highest BCUT2D eigenvalue weighted by Gasteiger charge is 2.15. The van der Waals surface area contributed by atoms with Gasteiger partial charge in [0.05, 0.1) is 0 Å². The van der Waals surface area contributed by atoms with Crippen molar-refractivity contribution < 1.29 is 0 Å². The average Bonchev–Trinajstić information content (AvgIpc) is 2.32. The molecule has 0 aromatic carbocycles. The number of hydrogen-bond acceptors (Lipinski definition) is 1. The van der Waals surface area contributed by atoms with Crippen molar-refractivity contribution >= 4 is 0 Å². The second-order valence-corrected chi connectivity index (χ2v) is 4.55. The summed E-state index contributed by atoms with van der Waals surface area (Å²) in [6, 6.07) is 0.239. The summed E-state index contributed by atoms with van der Waals surface area (Å²) in [5, 5.41) is 0. The highest BCUT2D eigenvalue weighted by molar-refractivity contribution is 5.00. The number of hydrogen-bond donors (Lipinski definition) is 1. The normalized spacial score (nSPS) is 22.3. The minimum absolute atomic E-state index is 0.239. The Bertz CT molecular complexity index is 155. The predicted molar refractivity (Wildman–Crippen MR) is 58.6 cm³/mol. The van der Waals surface area contributed by atoms with E-state index < -0.39 is 0 Å². The van der Waals surface area contributed by atoms with Crippen molar-refractivity contribution in [1.29, 1.82) is 0 Å². The Morgan fingerprint density at radius 2 is 1.85 bits per heavy atom. The zero-order valence-electron chi connectivity index (χ0n) is 8.89. The molecular formula is C12H23N. The van der Waals surface area contributed by atoms with E-state index in [-0.39, 0.29) is 6.04 Å². The lowest BCUT2D eigenvalue weighted by Crippen LogP contribution is -2.24. The molecular weight excluding hydrogens is 158 g/mol. The summed E-state index contributed by atoms with van der Waals surface area (Å²) in [6.45, 7) is 5.96. The van der Waals surface area contributed by atoms with Crippen LogP contribution in [0, 0.1) is 5.92 Å². The maximum Gasteiger partial charge on any atom is 0.0250 e. The molecule has 0 aromatic heterocycles. The van der Waals surface area contributed by atoms with Crippen LogP contribution in [0.3, 0.4) is 0 Å². The Hall–Kier alpha value is -0.300. The lowest BCUT2D eigenvalue weighted by atomic mass is 9.91. The predicted octanol–water partition coefficient (Wildman–Crippen LogP) is 3.25. The Kier molecular flexibility index (Phi) is 4.51. The van der Waals surface area contributed by atoms with Crippen LogP contribution in [0.4, 0.5) is 0 Å². The van der Waals surface area contributed by atoms with Crippen LogP contribution in [0.5, 0.6) is 0 Å². The summed E-state index contributed by atoms with van der Waals surface area (Å²) < 4.78 is 0. The molecule has 2 N–H and O–H groups in total. The lowest BCUT2D eigenvalue weighted by Gasteiger charge is -2.19. The molecule has 1 saturated carbocycles. The van der Waals surface area contributed by atoms with Gasteiger partial charge in [-0.05, 0) is 19.3 Å². The van der Waals surface area contributed by atoms with Crippen LogP contribution in [0.15, 0.2) is 12.2 Å². The fraction of sp³-hybridized carbons (Fsp3) is 0.833. The third-order valence-corrected chi connectivity index (χ3v) is 3.19. The first-order valence-corrected chi connectivity index (χ1v) is 5.61. The molecule has 76 valence electrons. The van der Waals surface area contributed by atoms with Crippen LogP contribution in [0.25, 0.3) is 0 Å². The van der Waals surface area contributed by atoms with Gasteiger partial charge in [-0.15, -0.1) is 0 Å². The molecule has 1 unspecified atom stereocenters. The molecule has 0 spiro atoms. The van der Waals surface area contributed by atoms with E-state index in [1.807, 2.05) is 6.92 Å². The average molecular weight is 181 g/mol. The summed E-state index contributed by atoms with van der Waals surface area (Å²) in [6.07, 6.45) is 9.62. The van der Waals surface area contributed by atoms with Crippen LogP contribution in [0.1, 0.15) is 51.9 Å². The molecule has 0 aliphatic heterocycles. The maximum atomic E-state index is 6.00. The highest BCUT2D eigenvalue weighted by atomic mass is 14.6. The monoisotopic (exact) mass is 181 g/mol. The van der Waals surface area contributed by atoms with E-state index in [4.69, 9.17) is 5.73 Å². The van der Waals surface area contributed by atoms with Gasteiger partial charge in [-0.2, -0.15) is 0 Å². The van der Waals surface area contributed by atoms with Gasteiger partial charge < -0.3 is 5.73 Å². The van der Waals surface area contributed by atoms with Crippen LogP contribution in [0.2, 0.25) is 0 Å². The van der Waals surface area contributed by atoms with Gasteiger partial charge >= 0.3 is 0 Å². The second kappa shape index (κ2) is 5.43. The van der Waals surface area contributed by atoms with E-state index in [2.05, 4.69) is 6.58 Å². The minimum Gasteiger partial charge on any atom is -0.324 e. The smallest absolute Gasteiger partial charge is 0.0250 e. The first-order valence-electron chi connectivity index (χ1n) is 5.61. The van der Waals surface area contributed by atoms with Gasteiger partial charge in [-0.25, -0.2) is 0 Å². The van der Waals surface area contributed by atoms with E-state index in [0.717, 1.165) is 17.9 Å². The molecule has 1 nitrogen and oxygen atoms in total. The van der Waals surface area contributed by atoms with Crippen molar-refractivity contribution in [3.63, 3.8) is 0 Å². The van der Waals surface area contributed by atoms with Gasteiger partial charge in [-0.3, -0.25) is 0 Å². The molecule has 0 amide bonds. The van der Waals surface area contributed by atoms with Crippen LogP contribution >= 0.6 is 0 Å². The number of rotatable bonds is 3. The highest BCUT2D eigenvalue weighted by Crippen LogP contribution is 2.26. The van der Waals surface area contributed by atoms with Gasteiger partial charge in [0.2, 0.25) is 0 Å². The first-order chi connectivity index (χ1) is 6.20. The van der Waals surface area contributed by atoms with E-state index in [1.54, 1.807) is 0 Å². The molecule has 1 fully saturated rings. The summed E-state index contributed by atoms with van der Waals surface area (Å²) in [4.78, 5) is 0. The summed E-state index contributed by atoms with van der Waals surface area (Å²) in [7, 11) is 0. The Morgan fingerprint density at radius 3 is 2.31 bits per heavy atom. The maximum absolute atomic E-state index is 6.00. The fourth-order valence-electron chi connectivity index (χ4n) is 2.16. The summed E-state index contributed by atoms with van der Waals surface area (Å²) in [5.41, 5.74) is 7.14. The molecule has 0 saturated heterocycles. The molecule has 1 aliphatic carbocycles. The largest absolute Gasteiger partial charge is 0.324 e.